The molecule has 0 spiro atoms. The lowest BCUT2D eigenvalue weighted by molar-refractivity contribution is -0.131. The minimum Gasteiger partial charge on any atom is -0.497 e. The fourth-order valence-corrected chi connectivity index (χ4v) is 6.78. The number of fused-ring (bicyclic) bond motifs is 1. The number of benzene rings is 1. The summed E-state index contributed by atoms with van der Waals surface area (Å²) in [5.41, 5.74) is -2.34. The van der Waals surface area contributed by atoms with E-state index in [1.807, 2.05) is 0 Å². The van der Waals surface area contributed by atoms with Crippen LogP contribution in [0.15, 0.2) is 36.9 Å². The highest BCUT2D eigenvalue weighted by Gasteiger charge is 2.62. The fourth-order valence-electron chi connectivity index (χ4n) is 5.22. The Kier molecular flexibility index (Phi) is 8.01. The number of aromatic nitrogens is 1. The molecule has 2 N–H and O–H groups in total. The number of rotatable bonds is 9. The van der Waals surface area contributed by atoms with E-state index in [-0.39, 0.29) is 30.4 Å². The van der Waals surface area contributed by atoms with Gasteiger partial charge in [0, 0.05) is 17.7 Å². The molecule has 2 saturated carbocycles. The molecule has 2 aromatic rings. The van der Waals surface area contributed by atoms with Crippen molar-refractivity contribution in [2.24, 2.45) is 5.92 Å². The summed E-state index contributed by atoms with van der Waals surface area (Å²) < 4.78 is 44.2. The van der Waals surface area contributed by atoms with Gasteiger partial charge in [0.25, 0.3) is 5.91 Å². The van der Waals surface area contributed by atoms with Crippen molar-refractivity contribution >= 4 is 50.3 Å². The molecule has 3 aliphatic rings. The van der Waals surface area contributed by atoms with Crippen LogP contribution in [0.3, 0.4) is 0 Å². The maximum atomic E-state index is 13.8. The summed E-state index contributed by atoms with van der Waals surface area (Å²) in [5.74, 6) is -1.11. The second-order valence-electron chi connectivity index (χ2n) is 12.1. The lowest BCUT2D eigenvalue weighted by atomic mass is 10.1. The van der Waals surface area contributed by atoms with Crippen LogP contribution in [0.2, 0.25) is 5.15 Å². The molecule has 1 aromatic carbocycles. The smallest absolute Gasteiger partial charge is 0.411 e. The number of amides is 3. The van der Waals surface area contributed by atoms with Gasteiger partial charge in [-0.1, -0.05) is 17.7 Å². The van der Waals surface area contributed by atoms with Crippen molar-refractivity contribution in [3.05, 3.63) is 42.1 Å². The van der Waals surface area contributed by atoms with Crippen molar-refractivity contribution in [1.82, 2.24) is 19.9 Å². The van der Waals surface area contributed by atoms with Crippen molar-refractivity contribution in [1.29, 1.82) is 0 Å². The summed E-state index contributed by atoms with van der Waals surface area (Å²) in [4.78, 5) is 45.8. The lowest BCUT2D eigenvalue weighted by Gasteiger charge is -2.29. The number of sulfonamides is 1. The Bertz CT molecular complexity index is 1590. The number of nitrogens with zero attached hydrogens (tertiary/aromatic N) is 2. The highest BCUT2D eigenvalue weighted by Crippen LogP contribution is 2.45. The third-order valence-electron chi connectivity index (χ3n) is 7.69. The first-order valence-electron chi connectivity index (χ1n) is 14.0. The number of pyridine rings is 1. The largest absolute Gasteiger partial charge is 0.497 e. The van der Waals surface area contributed by atoms with Crippen molar-refractivity contribution < 1.29 is 37.0 Å². The zero-order chi connectivity index (χ0) is 31.3. The standard InChI is InChI=1S/C29H35ClN4O8S/c1-6-17-14-29(17,26(36)33-43(38,39)20-8-9-20)32-24(35)22-13-19(15-34(22)27(37)42-28(2,3)4)41-25-21-10-7-18(40-5)11-16(21)12-23(30)31-25/h6-7,10-12,17,19-20,22H,1,8-9,13-15H2,2-5H3,(H,32,35)(H,33,36)/t17-,19-,22+,29-/m1/s1. The molecular formula is C29H35ClN4O8S. The molecule has 3 amide bonds. The molecule has 3 fully saturated rings. The van der Waals surface area contributed by atoms with Crippen LogP contribution in [0.1, 0.15) is 46.5 Å². The van der Waals surface area contributed by atoms with Crippen LogP contribution < -0.4 is 19.5 Å². The zero-order valence-corrected chi connectivity index (χ0v) is 26.0. The third-order valence-corrected chi connectivity index (χ3v) is 9.71. The van der Waals surface area contributed by atoms with Crippen molar-refractivity contribution in [3.63, 3.8) is 0 Å². The molecule has 2 heterocycles. The Balaban J connectivity index is 1.39. The first-order chi connectivity index (χ1) is 20.2. The normalized spacial score (nSPS) is 25.1. The van der Waals surface area contributed by atoms with E-state index in [1.54, 1.807) is 52.1 Å². The Hall–Kier alpha value is -3.58. The SMILES string of the molecule is C=C[C@@H]1C[C@]1(NC(=O)[C@@H]1C[C@@H](Oc2nc(Cl)cc3cc(OC)ccc23)CN1C(=O)OC(C)(C)C)C(=O)NS(=O)(=O)C1CC1. The second-order valence-corrected chi connectivity index (χ2v) is 14.5. The van der Waals surface area contributed by atoms with Gasteiger partial charge in [0.05, 0.1) is 18.9 Å². The summed E-state index contributed by atoms with van der Waals surface area (Å²) in [5, 5.41) is 3.69. The molecule has 1 aliphatic heterocycles. The van der Waals surface area contributed by atoms with Gasteiger partial charge < -0.3 is 19.5 Å². The topological polar surface area (TPSA) is 153 Å². The Morgan fingerprint density at radius 2 is 1.93 bits per heavy atom. The first kappa shape index (κ1) is 30.9. The lowest BCUT2D eigenvalue weighted by Crippen LogP contribution is -2.56. The van der Waals surface area contributed by atoms with Crippen LogP contribution in [-0.4, -0.2) is 78.4 Å². The van der Waals surface area contributed by atoms with Crippen LogP contribution in [0.5, 0.6) is 11.6 Å². The van der Waals surface area contributed by atoms with E-state index in [2.05, 4.69) is 21.6 Å². The van der Waals surface area contributed by atoms with Gasteiger partial charge in [-0.05, 0) is 69.7 Å². The predicted molar refractivity (Wildman–Crippen MR) is 158 cm³/mol. The number of likely N-dealkylation sites (tertiary alicyclic amines) is 1. The molecule has 0 bridgehead atoms. The van der Waals surface area contributed by atoms with Gasteiger partial charge in [-0.25, -0.2) is 18.2 Å². The van der Waals surface area contributed by atoms with E-state index in [0.717, 1.165) is 5.39 Å². The molecule has 4 atom stereocenters. The number of nitrogens with one attached hydrogen (secondary N) is 2. The van der Waals surface area contributed by atoms with Crippen molar-refractivity contribution in [3.8, 4) is 11.6 Å². The van der Waals surface area contributed by atoms with E-state index >= 15 is 0 Å². The summed E-state index contributed by atoms with van der Waals surface area (Å²) in [6, 6.07) is 5.90. The quantitative estimate of drug-likeness (QED) is 0.312. The maximum absolute atomic E-state index is 13.8. The van der Waals surface area contributed by atoms with Gasteiger partial charge in [0.15, 0.2) is 0 Å². The molecule has 1 saturated heterocycles. The highest BCUT2D eigenvalue weighted by atomic mass is 35.5. The minimum absolute atomic E-state index is 0.0149. The molecule has 12 nitrogen and oxygen atoms in total. The van der Waals surface area contributed by atoms with Crippen LogP contribution >= 0.6 is 11.6 Å². The van der Waals surface area contributed by atoms with Crippen LogP contribution in [0, 0.1) is 5.92 Å². The highest BCUT2D eigenvalue weighted by molar-refractivity contribution is 7.91. The van der Waals surface area contributed by atoms with Crippen molar-refractivity contribution in [2.45, 2.75) is 75.0 Å². The van der Waals surface area contributed by atoms with Gasteiger partial charge in [0.1, 0.15) is 34.2 Å². The number of halogens is 1. The zero-order valence-electron chi connectivity index (χ0n) is 24.4. The van der Waals surface area contributed by atoms with Gasteiger partial charge in [-0.15, -0.1) is 6.58 Å². The molecular weight excluding hydrogens is 600 g/mol. The number of hydrogen-bond acceptors (Lipinski definition) is 9. The number of ether oxygens (including phenoxy) is 3. The third kappa shape index (κ3) is 6.52. The number of hydrogen-bond donors (Lipinski definition) is 2. The predicted octanol–water partition coefficient (Wildman–Crippen LogP) is 3.32. The fraction of sp³-hybridized carbons (Fsp3) is 0.517. The average molecular weight is 635 g/mol. The maximum Gasteiger partial charge on any atom is 0.411 e. The molecule has 2 aliphatic carbocycles. The Morgan fingerprint density at radius 3 is 2.53 bits per heavy atom. The minimum atomic E-state index is -3.85. The monoisotopic (exact) mass is 634 g/mol. The average Bonchev–Trinajstić information content (AvgIpc) is 3.84. The summed E-state index contributed by atoms with van der Waals surface area (Å²) in [6.45, 7) is 8.83. The molecule has 232 valence electrons. The Morgan fingerprint density at radius 1 is 1.21 bits per heavy atom. The van der Waals surface area contributed by atoms with Crippen LogP contribution in [-0.2, 0) is 24.3 Å². The van der Waals surface area contributed by atoms with E-state index < -0.39 is 62.4 Å². The summed E-state index contributed by atoms with van der Waals surface area (Å²) in [7, 11) is -2.29. The summed E-state index contributed by atoms with van der Waals surface area (Å²) in [6.07, 6.45) is 1.26. The molecule has 1 aromatic heterocycles. The van der Waals surface area contributed by atoms with Crippen LogP contribution in [0.25, 0.3) is 10.8 Å². The second kappa shape index (κ2) is 11.2. The Labute approximate surface area is 255 Å². The van der Waals surface area contributed by atoms with Gasteiger partial charge in [-0.2, -0.15) is 0 Å². The van der Waals surface area contributed by atoms with Crippen molar-refractivity contribution in [2.75, 3.05) is 13.7 Å². The van der Waals surface area contributed by atoms with E-state index in [1.165, 1.54) is 11.0 Å². The molecule has 5 rings (SSSR count). The first-order valence-corrected chi connectivity index (χ1v) is 15.9. The summed E-state index contributed by atoms with van der Waals surface area (Å²) >= 11 is 6.27. The van der Waals surface area contributed by atoms with Crippen LogP contribution in [0.4, 0.5) is 4.79 Å². The molecule has 0 radical (unpaired) electrons. The molecule has 43 heavy (non-hydrogen) atoms. The van der Waals surface area contributed by atoms with E-state index in [9.17, 15) is 22.8 Å². The number of methoxy groups -OCH3 is 1. The van der Waals surface area contributed by atoms with Gasteiger partial charge in [0.2, 0.25) is 21.8 Å². The number of carbonyl (C=O) groups excluding carboxylic acids is 3. The van der Waals surface area contributed by atoms with E-state index in [0.29, 0.717) is 24.0 Å². The van der Waals surface area contributed by atoms with Gasteiger partial charge >= 0.3 is 6.09 Å². The molecule has 0 unspecified atom stereocenters. The molecule has 14 heteroatoms. The van der Waals surface area contributed by atoms with Gasteiger partial charge in [-0.3, -0.25) is 19.2 Å². The van der Waals surface area contributed by atoms with E-state index in [4.69, 9.17) is 25.8 Å². The number of carbonyl (C=O) groups is 3.